The van der Waals surface area contributed by atoms with Crippen LogP contribution < -0.4 is 15.7 Å². The van der Waals surface area contributed by atoms with Crippen LogP contribution in [0, 0.1) is 0 Å². The fourth-order valence-electron chi connectivity index (χ4n) is 2.32. The maximum atomic E-state index is 12.1. The summed E-state index contributed by atoms with van der Waals surface area (Å²) in [5.41, 5.74) is 0.456. The number of rotatable bonds is 4. The first kappa shape index (κ1) is 17.2. The molecule has 1 N–H and O–H groups in total. The lowest BCUT2D eigenvalue weighted by Crippen LogP contribution is -2.15. The van der Waals surface area contributed by atoms with E-state index >= 15 is 0 Å². The molecule has 3 aromatic rings. The van der Waals surface area contributed by atoms with Crippen molar-refractivity contribution in [2.24, 2.45) is 0 Å². The monoisotopic (exact) mass is 349 g/mol. The number of esters is 1. The van der Waals surface area contributed by atoms with E-state index in [4.69, 9.17) is 9.15 Å². The lowest BCUT2D eigenvalue weighted by molar-refractivity contribution is -0.131. The highest BCUT2D eigenvalue weighted by Crippen LogP contribution is 2.22. The maximum Gasteiger partial charge on any atom is 0.360 e. The van der Waals surface area contributed by atoms with E-state index in [1.165, 1.54) is 25.1 Å². The van der Waals surface area contributed by atoms with Gasteiger partial charge in [0.1, 0.15) is 17.0 Å². The smallest absolute Gasteiger partial charge is 0.360 e. The standard InChI is InChI=1S/C20H15NO5/c1-13(22)25-16-9-8-15-11-17(20(24)26-18(15)12-16)21-19(23)10-7-14-5-3-2-4-6-14/h2-12H,1H3,(H,21,23)/b10-7+. The molecule has 1 amide bonds. The summed E-state index contributed by atoms with van der Waals surface area (Å²) >= 11 is 0. The number of ether oxygens (including phenoxy) is 1. The zero-order chi connectivity index (χ0) is 18.5. The van der Waals surface area contributed by atoms with Gasteiger partial charge in [0.2, 0.25) is 5.91 Å². The maximum absolute atomic E-state index is 12.1. The summed E-state index contributed by atoms with van der Waals surface area (Å²) in [4.78, 5) is 35.1. The Morgan fingerprint density at radius 3 is 2.58 bits per heavy atom. The van der Waals surface area contributed by atoms with Gasteiger partial charge < -0.3 is 14.5 Å². The fraction of sp³-hybridized carbons (Fsp3) is 0.0500. The number of nitrogens with one attached hydrogen (secondary N) is 1. The first-order chi connectivity index (χ1) is 12.5. The van der Waals surface area contributed by atoms with Gasteiger partial charge >= 0.3 is 11.6 Å². The topological polar surface area (TPSA) is 85.6 Å². The van der Waals surface area contributed by atoms with Gasteiger partial charge in [0.15, 0.2) is 0 Å². The number of hydrogen-bond acceptors (Lipinski definition) is 5. The molecule has 0 aliphatic heterocycles. The highest BCUT2D eigenvalue weighted by atomic mass is 16.5. The van der Waals surface area contributed by atoms with Gasteiger partial charge in [-0.2, -0.15) is 0 Å². The second kappa shape index (κ2) is 7.48. The van der Waals surface area contributed by atoms with E-state index in [1.54, 1.807) is 18.2 Å². The molecule has 0 aliphatic rings. The van der Waals surface area contributed by atoms with Gasteiger partial charge in [-0.15, -0.1) is 0 Å². The first-order valence-electron chi connectivity index (χ1n) is 7.82. The van der Waals surface area contributed by atoms with Gasteiger partial charge in [0, 0.05) is 24.5 Å². The minimum atomic E-state index is -0.695. The van der Waals surface area contributed by atoms with Gasteiger partial charge in [-0.3, -0.25) is 9.59 Å². The molecule has 2 aromatic carbocycles. The van der Waals surface area contributed by atoms with Crippen molar-refractivity contribution in [3.63, 3.8) is 0 Å². The second-order valence-corrected chi connectivity index (χ2v) is 5.47. The minimum Gasteiger partial charge on any atom is -0.427 e. The van der Waals surface area contributed by atoms with Gasteiger partial charge in [0.25, 0.3) is 0 Å². The average Bonchev–Trinajstić information content (AvgIpc) is 2.61. The lowest BCUT2D eigenvalue weighted by atomic mass is 10.2. The number of carbonyl (C=O) groups excluding carboxylic acids is 2. The highest BCUT2D eigenvalue weighted by Gasteiger charge is 2.09. The highest BCUT2D eigenvalue weighted by molar-refractivity contribution is 6.02. The van der Waals surface area contributed by atoms with Crippen LogP contribution in [0.15, 0.2) is 69.9 Å². The first-order valence-corrected chi connectivity index (χ1v) is 7.82. The summed E-state index contributed by atoms with van der Waals surface area (Å²) in [5, 5.41) is 3.09. The van der Waals surface area contributed by atoms with Gasteiger partial charge in [-0.25, -0.2) is 4.79 Å². The molecule has 0 aliphatic carbocycles. The number of fused-ring (bicyclic) bond motifs is 1. The van der Waals surface area contributed by atoms with Crippen molar-refractivity contribution >= 4 is 34.6 Å². The molecule has 1 aromatic heterocycles. The summed E-state index contributed by atoms with van der Waals surface area (Å²) < 4.78 is 10.1. The summed E-state index contributed by atoms with van der Waals surface area (Å²) in [6.07, 6.45) is 2.98. The van der Waals surface area contributed by atoms with E-state index in [-0.39, 0.29) is 17.0 Å². The average molecular weight is 349 g/mol. The fourth-order valence-corrected chi connectivity index (χ4v) is 2.32. The van der Waals surface area contributed by atoms with Crippen LogP contribution in [0.25, 0.3) is 17.0 Å². The van der Waals surface area contributed by atoms with Crippen molar-refractivity contribution in [1.29, 1.82) is 0 Å². The molecule has 0 unspecified atom stereocenters. The molecule has 6 nitrogen and oxygen atoms in total. The van der Waals surface area contributed by atoms with Crippen LogP contribution in [-0.4, -0.2) is 11.9 Å². The normalized spacial score (nSPS) is 10.8. The molecular weight excluding hydrogens is 334 g/mol. The molecule has 0 saturated carbocycles. The van der Waals surface area contributed by atoms with E-state index < -0.39 is 17.5 Å². The van der Waals surface area contributed by atoms with Gasteiger partial charge in [0.05, 0.1) is 0 Å². The molecule has 130 valence electrons. The summed E-state index contributed by atoms with van der Waals surface area (Å²) in [6.45, 7) is 1.28. The van der Waals surface area contributed by atoms with Crippen molar-refractivity contribution in [3.05, 3.63) is 76.7 Å². The van der Waals surface area contributed by atoms with Crippen LogP contribution in [0.5, 0.6) is 5.75 Å². The van der Waals surface area contributed by atoms with Crippen LogP contribution >= 0.6 is 0 Å². The molecule has 0 radical (unpaired) electrons. The third-order valence-electron chi connectivity index (χ3n) is 3.45. The molecule has 26 heavy (non-hydrogen) atoms. The van der Waals surface area contributed by atoms with E-state index in [9.17, 15) is 14.4 Å². The van der Waals surface area contributed by atoms with E-state index in [1.807, 2.05) is 30.3 Å². The summed E-state index contributed by atoms with van der Waals surface area (Å²) in [7, 11) is 0. The van der Waals surface area contributed by atoms with Gasteiger partial charge in [-0.05, 0) is 29.8 Å². The Kier molecular flexibility index (Phi) is 4.94. The Morgan fingerprint density at radius 1 is 1.08 bits per heavy atom. The molecule has 0 saturated heterocycles. The summed E-state index contributed by atoms with van der Waals surface area (Å²) in [5.74, 6) is -0.645. The minimum absolute atomic E-state index is 0.0282. The lowest BCUT2D eigenvalue weighted by Gasteiger charge is -2.05. The molecule has 0 bridgehead atoms. The third-order valence-corrected chi connectivity index (χ3v) is 3.45. The van der Waals surface area contributed by atoms with Crippen LogP contribution in [-0.2, 0) is 9.59 Å². The SMILES string of the molecule is CC(=O)Oc1ccc2cc(NC(=O)/C=C/c3ccccc3)c(=O)oc2c1. The predicted octanol–water partition coefficient (Wildman–Crippen LogP) is 3.37. The number of benzene rings is 2. The molecule has 3 rings (SSSR count). The molecule has 1 heterocycles. The molecule has 0 atom stereocenters. The number of amides is 1. The number of anilines is 1. The quantitative estimate of drug-likeness (QED) is 0.338. The molecule has 0 spiro atoms. The predicted molar refractivity (Wildman–Crippen MR) is 97.9 cm³/mol. The Hall–Kier alpha value is -3.67. The van der Waals surface area contributed by atoms with Crippen molar-refractivity contribution < 1.29 is 18.7 Å². The number of hydrogen-bond donors (Lipinski definition) is 1. The van der Waals surface area contributed by atoms with E-state index in [0.29, 0.717) is 5.39 Å². The Balaban J connectivity index is 1.80. The van der Waals surface area contributed by atoms with E-state index in [0.717, 1.165) is 5.56 Å². The number of carbonyl (C=O) groups is 2. The van der Waals surface area contributed by atoms with E-state index in [2.05, 4.69) is 5.32 Å². The zero-order valence-electron chi connectivity index (χ0n) is 13.9. The van der Waals surface area contributed by atoms with Crippen LogP contribution in [0.1, 0.15) is 12.5 Å². The van der Waals surface area contributed by atoms with Crippen molar-refractivity contribution in [2.75, 3.05) is 5.32 Å². The van der Waals surface area contributed by atoms with Crippen molar-refractivity contribution in [1.82, 2.24) is 0 Å². The largest absolute Gasteiger partial charge is 0.427 e. The molecular formula is C20H15NO5. The second-order valence-electron chi connectivity index (χ2n) is 5.47. The Bertz CT molecular complexity index is 1050. The van der Waals surface area contributed by atoms with Crippen LogP contribution in [0.2, 0.25) is 0 Å². The summed E-state index contributed by atoms with van der Waals surface area (Å²) in [6, 6.07) is 15.5. The van der Waals surface area contributed by atoms with Crippen LogP contribution in [0.4, 0.5) is 5.69 Å². The Morgan fingerprint density at radius 2 is 1.85 bits per heavy atom. The van der Waals surface area contributed by atoms with Crippen molar-refractivity contribution in [3.8, 4) is 5.75 Å². The third kappa shape index (κ3) is 4.24. The van der Waals surface area contributed by atoms with Gasteiger partial charge in [-0.1, -0.05) is 30.3 Å². The Labute approximate surface area is 148 Å². The zero-order valence-corrected chi connectivity index (χ0v) is 13.9. The van der Waals surface area contributed by atoms with Crippen molar-refractivity contribution in [2.45, 2.75) is 6.92 Å². The van der Waals surface area contributed by atoms with Crippen LogP contribution in [0.3, 0.4) is 0 Å². The molecule has 0 fully saturated rings. The molecule has 6 heteroatoms.